The molecule has 1 saturated heterocycles. The number of carbonyl (C=O) groups is 2. The normalized spacial score (nSPS) is 14.8. The van der Waals surface area contributed by atoms with Crippen LogP contribution in [0.4, 0.5) is 0 Å². The monoisotopic (exact) mass is 392 g/mol. The van der Waals surface area contributed by atoms with Gasteiger partial charge in [0.15, 0.2) is 0 Å². The second-order valence-corrected chi connectivity index (χ2v) is 7.60. The topological polar surface area (TPSA) is 49.9 Å². The van der Waals surface area contributed by atoms with Gasteiger partial charge in [-0.05, 0) is 36.1 Å². The highest BCUT2D eigenvalue weighted by atomic mass is 35.5. The maximum Gasteiger partial charge on any atom is 0.257 e. The number of hydrogen-bond donors (Lipinski definition) is 0. The Kier molecular flexibility index (Phi) is 6.16. The molecule has 0 atom stereocenters. The van der Waals surface area contributed by atoms with Crippen molar-refractivity contribution in [3.63, 3.8) is 0 Å². The first-order valence-electron chi connectivity index (χ1n) is 8.51. The third kappa shape index (κ3) is 4.37. The fourth-order valence-electron chi connectivity index (χ4n) is 3.06. The molecule has 7 heteroatoms. The smallest absolute Gasteiger partial charge is 0.257 e. The Balaban J connectivity index is 1.66. The van der Waals surface area contributed by atoms with Gasteiger partial charge in [0.1, 0.15) is 5.75 Å². The van der Waals surface area contributed by atoms with Crippen molar-refractivity contribution in [1.82, 2.24) is 9.80 Å². The van der Waals surface area contributed by atoms with Crippen molar-refractivity contribution in [3.05, 3.63) is 51.2 Å². The number of nitrogens with zero attached hydrogens (tertiary/aromatic N) is 2. The summed E-state index contributed by atoms with van der Waals surface area (Å²) < 4.78 is 5.29. The Hall–Kier alpha value is -2.05. The minimum atomic E-state index is -0.114. The highest BCUT2D eigenvalue weighted by Gasteiger charge is 2.25. The lowest BCUT2D eigenvalue weighted by molar-refractivity contribution is -0.130. The SMILES string of the molecule is COc1ccc(Cl)cc1C(=O)N1CCCN(C(=O)Cc2cccs2)CC1. The van der Waals surface area contributed by atoms with Gasteiger partial charge in [-0.1, -0.05) is 17.7 Å². The van der Waals surface area contributed by atoms with Gasteiger partial charge in [-0.15, -0.1) is 11.3 Å². The van der Waals surface area contributed by atoms with Crippen LogP contribution in [0.2, 0.25) is 5.02 Å². The van der Waals surface area contributed by atoms with Crippen molar-refractivity contribution in [2.24, 2.45) is 0 Å². The minimum absolute atomic E-state index is 0.113. The summed E-state index contributed by atoms with van der Waals surface area (Å²) in [5.74, 6) is 0.508. The molecule has 1 fully saturated rings. The van der Waals surface area contributed by atoms with Crippen molar-refractivity contribution in [2.45, 2.75) is 12.8 Å². The Labute approximate surface area is 162 Å². The zero-order chi connectivity index (χ0) is 18.5. The molecular formula is C19H21ClN2O3S. The molecule has 2 heterocycles. The first-order valence-corrected chi connectivity index (χ1v) is 9.77. The molecular weight excluding hydrogens is 372 g/mol. The maximum absolute atomic E-state index is 12.9. The van der Waals surface area contributed by atoms with Gasteiger partial charge in [-0.25, -0.2) is 0 Å². The van der Waals surface area contributed by atoms with E-state index in [1.54, 1.807) is 34.4 Å². The fraction of sp³-hybridized carbons (Fsp3) is 0.368. The maximum atomic E-state index is 12.9. The molecule has 0 N–H and O–H groups in total. The first kappa shape index (κ1) is 18.7. The van der Waals surface area contributed by atoms with E-state index in [4.69, 9.17) is 16.3 Å². The molecule has 0 saturated carbocycles. The van der Waals surface area contributed by atoms with Crippen molar-refractivity contribution in [2.75, 3.05) is 33.3 Å². The van der Waals surface area contributed by atoms with E-state index in [0.29, 0.717) is 48.9 Å². The number of benzene rings is 1. The van der Waals surface area contributed by atoms with Gasteiger partial charge in [0.25, 0.3) is 5.91 Å². The van der Waals surface area contributed by atoms with E-state index >= 15 is 0 Å². The van der Waals surface area contributed by atoms with Crippen LogP contribution in [0.1, 0.15) is 21.7 Å². The van der Waals surface area contributed by atoms with Crippen LogP contribution in [0, 0.1) is 0 Å². The van der Waals surface area contributed by atoms with E-state index in [-0.39, 0.29) is 11.8 Å². The molecule has 1 aromatic heterocycles. The van der Waals surface area contributed by atoms with Gasteiger partial charge >= 0.3 is 0 Å². The molecule has 0 radical (unpaired) electrons. The van der Waals surface area contributed by atoms with Gasteiger partial charge < -0.3 is 14.5 Å². The fourth-order valence-corrected chi connectivity index (χ4v) is 3.93. The minimum Gasteiger partial charge on any atom is -0.496 e. The van der Waals surface area contributed by atoms with Gasteiger partial charge in [-0.3, -0.25) is 9.59 Å². The summed E-state index contributed by atoms with van der Waals surface area (Å²) in [6.07, 6.45) is 1.18. The molecule has 0 spiro atoms. The highest BCUT2D eigenvalue weighted by molar-refractivity contribution is 7.10. The summed E-state index contributed by atoms with van der Waals surface area (Å²) in [4.78, 5) is 30.1. The Morgan fingerprint density at radius 3 is 2.65 bits per heavy atom. The third-order valence-electron chi connectivity index (χ3n) is 4.43. The lowest BCUT2D eigenvalue weighted by Gasteiger charge is -2.23. The Morgan fingerprint density at radius 1 is 1.15 bits per heavy atom. The average Bonchev–Trinajstić information content (AvgIpc) is 3.02. The predicted octanol–water partition coefficient (Wildman–Crippen LogP) is 3.33. The number of amides is 2. The zero-order valence-corrected chi connectivity index (χ0v) is 16.2. The Morgan fingerprint density at radius 2 is 1.92 bits per heavy atom. The zero-order valence-electron chi connectivity index (χ0n) is 14.6. The van der Waals surface area contributed by atoms with Crippen molar-refractivity contribution in [1.29, 1.82) is 0 Å². The highest BCUT2D eigenvalue weighted by Crippen LogP contribution is 2.24. The molecule has 0 bridgehead atoms. The van der Waals surface area contributed by atoms with Crippen molar-refractivity contribution >= 4 is 34.8 Å². The number of ether oxygens (including phenoxy) is 1. The second-order valence-electron chi connectivity index (χ2n) is 6.13. The van der Waals surface area contributed by atoms with Crippen molar-refractivity contribution < 1.29 is 14.3 Å². The van der Waals surface area contributed by atoms with Crippen molar-refractivity contribution in [3.8, 4) is 5.75 Å². The number of methoxy groups -OCH3 is 1. The molecule has 2 amide bonds. The van der Waals surface area contributed by atoms with Gasteiger partial charge in [0.2, 0.25) is 5.91 Å². The molecule has 1 aromatic carbocycles. The summed E-state index contributed by atoms with van der Waals surface area (Å²) in [5, 5.41) is 2.47. The van der Waals surface area contributed by atoms with Crippen LogP contribution in [0.5, 0.6) is 5.75 Å². The van der Waals surface area contributed by atoms with Crippen LogP contribution in [0.25, 0.3) is 0 Å². The molecule has 3 rings (SSSR count). The van der Waals surface area contributed by atoms with E-state index in [9.17, 15) is 9.59 Å². The van der Waals surface area contributed by atoms with Crippen LogP contribution in [0.3, 0.4) is 0 Å². The number of halogens is 1. The molecule has 138 valence electrons. The van der Waals surface area contributed by atoms with Gasteiger partial charge in [0.05, 0.1) is 19.1 Å². The van der Waals surface area contributed by atoms with Gasteiger partial charge in [0, 0.05) is 36.1 Å². The van der Waals surface area contributed by atoms with E-state index in [1.165, 1.54) is 7.11 Å². The molecule has 1 aliphatic rings. The lowest BCUT2D eigenvalue weighted by Crippen LogP contribution is -2.38. The molecule has 5 nitrogen and oxygen atoms in total. The summed E-state index contributed by atoms with van der Waals surface area (Å²) in [6, 6.07) is 8.96. The molecule has 0 aliphatic carbocycles. The van der Waals surface area contributed by atoms with Crippen LogP contribution >= 0.6 is 22.9 Å². The van der Waals surface area contributed by atoms with E-state index in [2.05, 4.69) is 0 Å². The number of carbonyl (C=O) groups excluding carboxylic acids is 2. The standard InChI is InChI=1S/C19H21ClN2O3S/c1-25-17-6-5-14(20)12-16(17)19(24)22-8-3-7-21(9-10-22)18(23)13-15-4-2-11-26-15/h2,4-6,11-12H,3,7-10,13H2,1H3. The van der Waals surface area contributed by atoms with Crippen LogP contribution in [-0.4, -0.2) is 54.9 Å². The summed E-state index contributed by atoms with van der Waals surface area (Å²) in [7, 11) is 1.54. The summed E-state index contributed by atoms with van der Waals surface area (Å²) in [5.41, 5.74) is 0.457. The summed E-state index contributed by atoms with van der Waals surface area (Å²) >= 11 is 7.63. The Bertz CT molecular complexity index is 779. The van der Waals surface area contributed by atoms with Crippen LogP contribution in [-0.2, 0) is 11.2 Å². The average molecular weight is 393 g/mol. The third-order valence-corrected chi connectivity index (χ3v) is 5.54. The second kappa shape index (κ2) is 8.56. The van der Waals surface area contributed by atoms with Crippen LogP contribution in [0.15, 0.2) is 35.7 Å². The van der Waals surface area contributed by atoms with Crippen LogP contribution < -0.4 is 4.74 Å². The molecule has 26 heavy (non-hydrogen) atoms. The quantitative estimate of drug-likeness (QED) is 0.801. The van der Waals surface area contributed by atoms with E-state index in [1.807, 2.05) is 22.4 Å². The number of thiophene rings is 1. The largest absolute Gasteiger partial charge is 0.496 e. The first-order chi connectivity index (χ1) is 12.6. The predicted molar refractivity (Wildman–Crippen MR) is 103 cm³/mol. The molecule has 1 aliphatic heterocycles. The van der Waals surface area contributed by atoms with E-state index in [0.717, 1.165) is 11.3 Å². The molecule has 0 unspecified atom stereocenters. The van der Waals surface area contributed by atoms with Gasteiger partial charge in [-0.2, -0.15) is 0 Å². The number of hydrogen-bond acceptors (Lipinski definition) is 4. The number of rotatable bonds is 4. The molecule has 2 aromatic rings. The van der Waals surface area contributed by atoms with E-state index < -0.39 is 0 Å². The lowest BCUT2D eigenvalue weighted by atomic mass is 10.1. The summed E-state index contributed by atoms with van der Waals surface area (Å²) in [6.45, 7) is 2.32.